The van der Waals surface area contributed by atoms with Gasteiger partial charge in [0, 0.05) is 17.8 Å². The van der Waals surface area contributed by atoms with Gasteiger partial charge in [-0.1, -0.05) is 17.7 Å². The van der Waals surface area contributed by atoms with E-state index in [1.54, 1.807) is 6.92 Å². The van der Waals surface area contributed by atoms with E-state index in [2.05, 4.69) is 5.32 Å². The zero-order chi connectivity index (χ0) is 17.0. The Morgan fingerprint density at radius 2 is 1.87 bits per heavy atom. The number of carbonyl (C=O) groups is 1. The maximum atomic E-state index is 12.0. The first-order valence-electron chi connectivity index (χ1n) is 7.12. The number of carbonyl (C=O) groups excluding carboxylic acids is 1. The Kier molecular flexibility index (Phi) is 4.95. The SMILES string of the molecule is Cc1ccc(OCC(=O)Nc2ccc([N+](=O)[O-])cc2C)c(C)c1. The van der Waals surface area contributed by atoms with Crippen LogP contribution in [0.3, 0.4) is 0 Å². The molecule has 0 aliphatic carbocycles. The number of nitro benzene ring substituents is 1. The van der Waals surface area contributed by atoms with Crippen molar-refractivity contribution in [2.75, 3.05) is 11.9 Å². The molecule has 0 aliphatic rings. The summed E-state index contributed by atoms with van der Waals surface area (Å²) in [6, 6.07) is 10.0. The smallest absolute Gasteiger partial charge is 0.269 e. The lowest BCUT2D eigenvalue weighted by Crippen LogP contribution is -2.20. The van der Waals surface area contributed by atoms with Crippen molar-refractivity contribution in [2.45, 2.75) is 20.8 Å². The topological polar surface area (TPSA) is 81.5 Å². The van der Waals surface area contributed by atoms with Gasteiger partial charge in [0.2, 0.25) is 0 Å². The number of amides is 1. The van der Waals surface area contributed by atoms with Gasteiger partial charge in [0.15, 0.2) is 6.61 Å². The van der Waals surface area contributed by atoms with Gasteiger partial charge in [-0.3, -0.25) is 14.9 Å². The molecule has 1 N–H and O–H groups in total. The van der Waals surface area contributed by atoms with E-state index in [-0.39, 0.29) is 18.2 Å². The van der Waals surface area contributed by atoms with E-state index in [1.807, 2.05) is 32.0 Å². The number of nitro groups is 1. The van der Waals surface area contributed by atoms with Crippen LogP contribution in [0.15, 0.2) is 36.4 Å². The van der Waals surface area contributed by atoms with E-state index in [1.165, 1.54) is 18.2 Å². The molecule has 2 aromatic carbocycles. The summed E-state index contributed by atoms with van der Waals surface area (Å²) in [6.45, 7) is 5.48. The van der Waals surface area contributed by atoms with Gasteiger partial charge in [0.25, 0.3) is 11.6 Å². The lowest BCUT2D eigenvalue weighted by atomic mass is 10.1. The molecule has 1 amide bonds. The van der Waals surface area contributed by atoms with Crippen molar-refractivity contribution in [2.24, 2.45) is 0 Å². The molecule has 0 saturated heterocycles. The number of nitrogens with one attached hydrogen (secondary N) is 1. The highest BCUT2D eigenvalue weighted by atomic mass is 16.6. The van der Waals surface area contributed by atoms with E-state index in [0.29, 0.717) is 17.0 Å². The summed E-state index contributed by atoms with van der Waals surface area (Å²) in [5, 5.41) is 13.4. The van der Waals surface area contributed by atoms with Crippen LogP contribution >= 0.6 is 0 Å². The maximum Gasteiger partial charge on any atom is 0.269 e. The molecule has 0 bridgehead atoms. The molecule has 0 aromatic heterocycles. The van der Waals surface area contributed by atoms with Gasteiger partial charge in [-0.2, -0.15) is 0 Å². The molecule has 0 saturated carbocycles. The van der Waals surface area contributed by atoms with Gasteiger partial charge in [-0.15, -0.1) is 0 Å². The van der Waals surface area contributed by atoms with Gasteiger partial charge in [0.05, 0.1) is 4.92 Å². The van der Waals surface area contributed by atoms with Crippen molar-refractivity contribution in [3.05, 3.63) is 63.2 Å². The highest BCUT2D eigenvalue weighted by molar-refractivity contribution is 5.92. The largest absolute Gasteiger partial charge is 0.483 e. The molecule has 23 heavy (non-hydrogen) atoms. The van der Waals surface area contributed by atoms with E-state index >= 15 is 0 Å². The number of nitrogens with zero attached hydrogens (tertiary/aromatic N) is 1. The molecule has 2 rings (SSSR count). The van der Waals surface area contributed by atoms with Crippen LogP contribution < -0.4 is 10.1 Å². The summed E-state index contributed by atoms with van der Waals surface area (Å²) in [5.41, 5.74) is 3.24. The van der Waals surface area contributed by atoms with Crippen LogP contribution in [0.25, 0.3) is 0 Å². The fraction of sp³-hybridized carbons (Fsp3) is 0.235. The molecule has 6 nitrogen and oxygen atoms in total. The summed E-state index contributed by atoms with van der Waals surface area (Å²) in [4.78, 5) is 22.2. The van der Waals surface area contributed by atoms with Crippen molar-refractivity contribution in [1.29, 1.82) is 0 Å². The van der Waals surface area contributed by atoms with Crippen molar-refractivity contribution in [1.82, 2.24) is 0 Å². The number of rotatable bonds is 5. The Morgan fingerprint density at radius 1 is 1.13 bits per heavy atom. The van der Waals surface area contributed by atoms with Crippen LogP contribution in [-0.2, 0) is 4.79 Å². The van der Waals surface area contributed by atoms with Crippen LogP contribution in [0.4, 0.5) is 11.4 Å². The Balaban J connectivity index is 1.98. The van der Waals surface area contributed by atoms with Crippen LogP contribution in [0, 0.1) is 30.9 Å². The van der Waals surface area contributed by atoms with Crippen LogP contribution in [-0.4, -0.2) is 17.4 Å². The van der Waals surface area contributed by atoms with Gasteiger partial charge in [0.1, 0.15) is 5.75 Å². The number of benzene rings is 2. The average Bonchev–Trinajstić information content (AvgIpc) is 2.48. The fourth-order valence-electron chi connectivity index (χ4n) is 2.19. The Hall–Kier alpha value is -2.89. The maximum absolute atomic E-state index is 12.0. The third-order valence-electron chi connectivity index (χ3n) is 3.38. The standard InChI is InChI=1S/C17H18N2O4/c1-11-4-7-16(13(3)8-11)23-10-17(20)18-15-6-5-14(19(21)22)9-12(15)2/h4-9H,10H2,1-3H3,(H,18,20). The second-order valence-corrected chi connectivity index (χ2v) is 5.36. The number of hydrogen-bond acceptors (Lipinski definition) is 4. The molecule has 120 valence electrons. The molecule has 2 aromatic rings. The Bertz CT molecular complexity index is 756. The minimum Gasteiger partial charge on any atom is -0.483 e. The third kappa shape index (κ3) is 4.29. The molecule has 0 unspecified atom stereocenters. The number of anilines is 1. The van der Waals surface area contributed by atoms with Crippen molar-refractivity contribution in [3.63, 3.8) is 0 Å². The van der Waals surface area contributed by atoms with E-state index < -0.39 is 4.92 Å². The van der Waals surface area contributed by atoms with Gasteiger partial charge in [-0.25, -0.2) is 0 Å². The van der Waals surface area contributed by atoms with Crippen LogP contribution in [0.2, 0.25) is 0 Å². The van der Waals surface area contributed by atoms with E-state index in [0.717, 1.165) is 11.1 Å². The lowest BCUT2D eigenvalue weighted by Gasteiger charge is -2.11. The first-order valence-corrected chi connectivity index (χ1v) is 7.12. The number of hydrogen-bond donors (Lipinski definition) is 1. The zero-order valence-electron chi connectivity index (χ0n) is 13.3. The number of non-ortho nitro benzene ring substituents is 1. The molecule has 0 aliphatic heterocycles. The second-order valence-electron chi connectivity index (χ2n) is 5.36. The molecular formula is C17H18N2O4. The highest BCUT2D eigenvalue weighted by Gasteiger charge is 2.11. The predicted molar refractivity (Wildman–Crippen MR) is 87.9 cm³/mol. The number of aryl methyl sites for hydroxylation is 3. The first-order chi connectivity index (χ1) is 10.9. The molecule has 0 heterocycles. The average molecular weight is 314 g/mol. The monoisotopic (exact) mass is 314 g/mol. The highest BCUT2D eigenvalue weighted by Crippen LogP contribution is 2.22. The predicted octanol–water partition coefficient (Wildman–Crippen LogP) is 3.54. The third-order valence-corrected chi connectivity index (χ3v) is 3.38. The number of ether oxygens (including phenoxy) is 1. The van der Waals surface area contributed by atoms with Crippen LogP contribution in [0.5, 0.6) is 5.75 Å². The van der Waals surface area contributed by atoms with Gasteiger partial charge >= 0.3 is 0 Å². The Labute approximate surface area is 134 Å². The summed E-state index contributed by atoms with van der Waals surface area (Å²) >= 11 is 0. The summed E-state index contributed by atoms with van der Waals surface area (Å²) in [7, 11) is 0. The Morgan fingerprint density at radius 3 is 2.48 bits per heavy atom. The molecule has 0 spiro atoms. The fourth-order valence-corrected chi connectivity index (χ4v) is 2.19. The van der Waals surface area contributed by atoms with Crippen LogP contribution in [0.1, 0.15) is 16.7 Å². The van der Waals surface area contributed by atoms with Gasteiger partial charge < -0.3 is 10.1 Å². The molecular weight excluding hydrogens is 296 g/mol. The minimum absolute atomic E-state index is 0.00738. The minimum atomic E-state index is -0.470. The van der Waals surface area contributed by atoms with E-state index in [9.17, 15) is 14.9 Å². The molecule has 0 fully saturated rings. The zero-order valence-corrected chi connectivity index (χ0v) is 13.3. The van der Waals surface area contributed by atoms with Gasteiger partial charge in [-0.05, 0) is 44.0 Å². The summed E-state index contributed by atoms with van der Waals surface area (Å²) in [5.74, 6) is 0.341. The lowest BCUT2D eigenvalue weighted by molar-refractivity contribution is -0.384. The first kappa shape index (κ1) is 16.5. The second kappa shape index (κ2) is 6.91. The summed E-state index contributed by atoms with van der Waals surface area (Å²) < 4.78 is 5.51. The molecule has 0 atom stereocenters. The summed E-state index contributed by atoms with van der Waals surface area (Å²) in [6.07, 6.45) is 0. The molecule has 0 radical (unpaired) electrons. The quantitative estimate of drug-likeness (QED) is 0.676. The van der Waals surface area contributed by atoms with Crippen molar-refractivity contribution in [3.8, 4) is 5.75 Å². The van der Waals surface area contributed by atoms with Crippen molar-refractivity contribution >= 4 is 17.3 Å². The van der Waals surface area contributed by atoms with E-state index in [4.69, 9.17) is 4.74 Å². The normalized spacial score (nSPS) is 10.2. The van der Waals surface area contributed by atoms with Crippen molar-refractivity contribution < 1.29 is 14.5 Å². The molecule has 6 heteroatoms.